The van der Waals surface area contributed by atoms with E-state index in [4.69, 9.17) is 10.5 Å². The van der Waals surface area contributed by atoms with Gasteiger partial charge >= 0.3 is 0 Å². The lowest BCUT2D eigenvalue weighted by molar-refractivity contribution is -0.00000976. The van der Waals surface area contributed by atoms with Gasteiger partial charge in [-0.15, -0.1) is 0 Å². The Hall–Kier alpha value is -0.450. The first-order chi connectivity index (χ1) is 7.68. The Balaban J connectivity index is 2.12. The summed E-state index contributed by atoms with van der Waals surface area (Å²) in [6.45, 7) is 0.779. The first-order valence-electron chi connectivity index (χ1n) is 5.50. The maximum atomic E-state index is 13.1. The number of rotatable bonds is 2. The van der Waals surface area contributed by atoms with Gasteiger partial charge in [0, 0.05) is 6.61 Å². The lowest BCUT2D eigenvalue weighted by atomic mass is 9.96. The summed E-state index contributed by atoms with van der Waals surface area (Å²) in [5, 5.41) is 0. The number of benzene rings is 1. The molecule has 0 aromatic heterocycles. The molecule has 0 bridgehead atoms. The van der Waals surface area contributed by atoms with E-state index in [1.165, 1.54) is 6.07 Å². The number of halogens is 2. The van der Waals surface area contributed by atoms with Crippen molar-refractivity contribution in [1.29, 1.82) is 0 Å². The summed E-state index contributed by atoms with van der Waals surface area (Å²) in [4.78, 5) is 0. The summed E-state index contributed by atoms with van der Waals surface area (Å²) in [5.41, 5.74) is 7.04. The van der Waals surface area contributed by atoms with Crippen molar-refractivity contribution in [2.24, 2.45) is 5.73 Å². The van der Waals surface area contributed by atoms with Crippen LogP contribution >= 0.6 is 15.9 Å². The zero-order chi connectivity index (χ0) is 11.5. The van der Waals surface area contributed by atoms with E-state index < -0.39 is 0 Å². The summed E-state index contributed by atoms with van der Waals surface area (Å²) in [6, 6.07) is 4.72. The molecule has 2 atom stereocenters. The van der Waals surface area contributed by atoms with Crippen molar-refractivity contribution in [2.45, 2.75) is 31.4 Å². The maximum absolute atomic E-state index is 13.1. The minimum atomic E-state index is -0.263. The topological polar surface area (TPSA) is 35.2 Å². The Morgan fingerprint density at radius 3 is 2.88 bits per heavy atom. The molecule has 2 unspecified atom stereocenters. The van der Waals surface area contributed by atoms with Gasteiger partial charge in [-0.2, -0.15) is 0 Å². The highest BCUT2D eigenvalue weighted by atomic mass is 79.9. The Morgan fingerprint density at radius 1 is 1.44 bits per heavy atom. The third kappa shape index (κ3) is 2.62. The van der Waals surface area contributed by atoms with Crippen LogP contribution < -0.4 is 5.73 Å². The third-order valence-corrected chi connectivity index (χ3v) is 3.55. The minimum Gasteiger partial charge on any atom is -0.376 e. The monoisotopic (exact) mass is 287 g/mol. The predicted octanol–water partition coefficient (Wildman–Crippen LogP) is 3.16. The first-order valence-corrected chi connectivity index (χ1v) is 6.30. The Kier molecular flexibility index (Phi) is 3.95. The number of nitrogens with two attached hydrogens (primary N) is 1. The fraction of sp³-hybridized carbons (Fsp3) is 0.500. The molecular weight excluding hydrogens is 273 g/mol. The van der Waals surface area contributed by atoms with Gasteiger partial charge in [0.25, 0.3) is 0 Å². The molecule has 1 aliphatic rings. The lowest BCUT2D eigenvalue weighted by Gasteiger charge is -2.28. The van der Waals surface area contributed by atoms with Crippen LogP contribution in [0.2, 0.25) is 0 Å². The van der Waals surface area contributed by atoms with Crippen LogP contribution in [0.1, 0.15) is 30.9 Å². The van der Waals surface area contributed by atoms with Gasteiger partial charge in [0.2, 0.25) is 0 Å². The van der Waals surface area contributed by atoms with Crippen molar-refractivity contribution in [2.75, 3.05) is 6.61 Å². The van der Waals surface area contributed by atoms with Crippen LogP contribution in [0, 0.1) is 5.82 Å². The van der Waals surface area contributed by atoms with E-state index >= 15 is 0 Å². The zero-order valence-electron chi connectivity index (χ0n) is 8.96. The fourth-order valence-corrected chi connectivity index (χ4v) is 2.38. The quantitative estimate of drug-likeness (QED) is 0.907. The molecule has 4 heteroatoms. The second-order valence-electron chi connectivity index (χ2n) is 4.10. The smallest absolute Gasteiger partial charge is 0.137 e. The van der Waals surface area contributed by atoms with Crippen LogP contribution in [0.15, 0.2) is 22.7 Å². The van der Waals surface area contributed by atoms with Crippen LogP contribution in [0.5, 0.6) is 0 Å². The molecule has 0 aliphatic carbocycles. The van der Waals surface area contributed by atoms with E-state index in [-0.39, 0.29) is 18.0 Å². The summed E-state index contributed by atoms with van der Waals surface area (Å²) in [7, 11) is 0. The summed E-state index contributed by atoms with van der Waals surface area (Å²) in [5.74, 6) is -0.263. The van der Waals surface area contributed by atoms with E-state index in [9.17, 15) is 4.39 Å². The Bertz CT molecular complexity index is 366. The first kappa shape index (κ1) is 12.0. The van der Waals surface area contributed by atoms with Gasteiger partial charge in [0.1, 0.15) is 5.82 Å². The molecule has 2 nitrogen and oxygen atoms in total. The van der Waals surface area contributed by atoms with Crippen LogP contribution in [0.25, 0.3) is 0 Å². The summed E-state index contributed by atoms with van der Waals surface area (Å²) < 4.78 is 19.2. The molecule has 0 saturated carbocycles. The molecule has 1 fully saturated rings. The van der Waals surface area contributed by atoms with Crippen LogP contribution in [-0.4, -0.2) is 12.7 Å². The van der Waals surface area contributed by atoms with Gasteiger partial charge < -0.3 is 10.5 Å². The second kappa shape index (κ2) is 5.25. The molecule has 2 N–H and O–H groups in total. The predicted molar refractivity (Wildman–Crippen MR) is 64.6 cm³/mol. The van der Waals surface area contributed by atoms with E-state index in [0.29, 0.717) is 4.47 Å². The van der Waals surface area contributed by atoms with Gasteiger partial charge in [0.05, 0.1) is 16.6 Å². The van der Waals surface area contributed by atoms with Gasteiger partial charge in [-0.25, -0.2) is 4.39 Å². The van der Waals surface area contributed by atoms with E-state index in [1.807, 2.05) is 0 Å². The minimum absolute atomic E-state index is 0.0612. The zero-order valence-corrected chi connectivity index (χ0v) is 10.5. The molecule has 1 aromatic carbocycles. The molecular formula is C12H15BrFNO. The maximum Gasteiger partial charge on any atom is 0.137 e. The van der Waals surface area contributed by atoms with E-state index in [1.54, 1.807) is 12.1 Å². The third-order valence-electron chi connectivity index (χ3n) is 2.94. The molecule has 1 aromatic rings. The summed E-state index contributed by atoms with van der Waals surface area (Å²) in [6.07, 6.45) is 3.30. The lowest BCUT2D eigenvalue weighted by Crippen LogP contribution is -2.31. The summed E-state index contributed by atoms with van der Waals surface area (Å²) >= 11 is 3.17. The highest BCUT2D eigenvalue weighted by Crippen LogP contribution is 2.27. The average molecular weight is 288 g/mol. The largest absolute Gasteiger partial charge is 0.376 e. The number of hydrogen-bond donors (Lipinski definition) is 1. The van der Waals surface area contributed by atoms with Gasteiger partial charge in [0.15, 0.2) is 0 Å². The number of ether oxygens (including phenoxy) is 1. The molecule has 2 rings (SSSR count). The average Bonchev–Trinajstić information content (AvgIpc) is 2.33. The SMILES string of the molecule is NC(c1ccc(F)c(Br)c1)C1CCCCO1. The molecule has 1 saturated heterocycles. The van der Waals surface area contributed by atoms with Crippen molar-refractivity contribution in [3.8, 4) is 0 Å². The van der Waals surface area contributed by atoms with E-state index in [2.05, 4.69) is 15.9 Å². The number of hydrogen-bond acceptors (Lipinski definition) is 2. The normalized spacial score (nSPS) is 23.1. The Morgan fingerprint density at radius 2 is 2.25 bits per heavy atom. The van der Waals surface area contributed by atoms with Crippen LogP contribution in [0.3, 0.4) is 0 Å². The molecule has 88 valence electrons. The van der Waals surface area contributed by atoms with Crippen molar-refractivity contribution in [1.82, 2.24) is 0 Å². The highest BCUT2D eigenvalue weighted by molar-refractivity contribution is 9.10. The molecule has 1 aliphatic heterocycles. The molecule has 1 heterocycles. The van der Waals surface area contributed by atoms with Crippen molar-refractivity contribution >= 4 is 15.9 Å². The molecule has 0 radical (unpaired) electrons. The van der Waals surface area contributed by atoms with Gasteiger partial charge in [-0.1, -0.05) is 6.07 Å². The van der Waals surface area contributed by atoms with Crippen molar-refractivity contribution in [3.05, 3.63) is 34.1 Å². The Labute approximate surface area is 103 Å². The standard InChI is InChI=1S/C12H15BrFNO/c13-9-7-8(4-5-10(9)14)12(15)11-3-1-2-6-16-11/h4-5,7,11-12H,1-3,6,15H2. The van der Waals surface area contributed by atoms with Crippen molar-refractivity contribution in [3.63, 3.8) is 0 Å². The second-order valence-corrected chi connectivity index (χ2v) is 4.96. The van der Waals surface area contributed by atoms with E-state index in [0.717, 1.165) is 31.4 Å². The molecule has 0 spiro atoms. The van der Waals surface area contributed by atoms with Gasteiger partial charge in [-0.3, -0.25) is 0 Å². The van der Waals surface area contributed by atoms with Crippen LogP contribution in [0.4, 0.5) is 4.39 Å². The van der Waals surface area contributed by atoms with Gasteiger partial charge in [-0.05, 0) is 52.9 Å². The van der Waals surface area contributed by atoms with Crippen LogP contribution in [-0.2, 0) is 4.74 Å². The van der Waals surface area contributed by atoms with Crippen molar-refractivity contribution < 1.29 is 9.13 Å². The highest BCUT2D eigenvalue weighted by Gasteiger charge is 2.23. The molecule has 0 amide bonds. The fourth-order valence-electron chi connectivity index (χ4n) is 1.98. The molecule has 16 heavy (non-hydrogen) atoms.